The second kappa shape index (κ2) is 7.30. The van der Waals surface area contributed by atoms with Crippen LogP contribution >= 0.6 is 0 Å². The Hall–Kier alpha value is -2.00. The summed E-state index contributed by atoms with van der Waals surface area (Å²) in [4.78, 5) is 22.9. The van der Waals surface area contributed by atoms with E-state index in [4.69, 9.17) is 10.2 Å². The first-order valence-electron chi connectivity index (χ1n) is 4.63. The van der Waals surface area contributed by atoms with Crippen LogP contribution in [0.2, 0.25) is 0 Å². The lowest BCUT2D eigenvalue weighted by molar-refractivity contribution is -0.392. The highest BCUT2D eigenvalue weighted by molar-refractivity contribution is 5.68. The highest BCUT2D eigenvalue weighted by Gasteiger charge is 2.15. The number of hydrogen-bond acceptors (Lipinski definition) is 6. The molecule has 0 unspecified atom stereocenters. The van der Waals surface area contributed by atoms with Crippen molar-refractivity contribution in [2.75, 3.05) is 13.2 Å². The van der Waals surface area contributed by atoms with E-state index < -0.39 is 10.9 Å². The van der Waals surface area contributed by atoms with E-state index in [1.807, 2.05) is 0 Å². The van der Waals surface area contributed by atoms with Crippen molar-refractivity contribution < 1.29 is 19.9 Å². The Morgan fingerprint density at radius 3 is 2.59 bits per heavy atom. The molecule has 0 aromatic carbocycles. The Bertz CT molecular complexity index is 389. The van der Waals surface area contributed by atoms with E-state index in [-0.39, 0.29) is 25.5 Å². The maximum absolute atomic E-state index is 10.4. The molecule has 0 amide bonds. The molecular formula is C8H14N4O5. The van der Waals surface area contributed by atoms with Crippen molar-refractivity contribution in [2.45, 2.75) is 13.5 Å². The summed E-state index contributed by atoms with van der Waals surface area (Å²) in [5.41, 5.74) is 4.57. The molecule has 17 heavy (non-hydrogen) atoms. The van der Waals surface area contributed by atoms with Crippen molar-refractivity contribution in [3.8, 4) is 0 Å². The molecule has 0 aliphatic rings. The molecule has 0 radical (unpaired) electrons. The van der Waals surface area contributed by atoms with Gasteiger partial charge in [-0.15, -0.1) is 0 Å². The molecular weight excluding hydrogens is 232 g/mol. The lowest BCUT2D eigenvalue weighted by atomic mass is 10.6. The van der Waals surface area contributed by atoms with Crippen molar-refractivity contribution in [2.24, 2.45) is 5.73 Å². The molecule has 0 atom stereocenters. The number of carboxylic acid groups (broad SMARTS) is 1. The number of aryl methyl sites for hydroxylation is 1. The quantitative estimate of drug-likeness (QED) is 0.462. The van der Waals surface area contributed by atoms with E-state index >= 15 is 0 Å². The van der Waals surface area contributed by atoms with E-state index in [2.05, 4.69) is 10.7 Å². The standard InChI is InChI=1S/C6H9N3O3.C2H5NO2/c1-5-7-4-6(9(11)12)8(5)2-3-10;3-1-2(4)5/h4,10H,2-3H2,1H3;1,3H2,(H,4,5). The summed E-state index contributed by atoms with van der Waals surface area (Å²) in [6.07, 6.45) is 1.19. The van der Waals surface area contributed by atoms with E-state index in [0.717, 1.165) is 0 Å². The molecule has 1 aromatic heterocycles. The first kappa shape index (κ1) is 15.0. The van der Waals surface area contributed by atoms with Crippen LogP contribution in [-0.4, -0.2) is 43.8 Å². The summed E-state index contributed by atoms with van der Waals surface area (Å²) in [6, 6.07) is 0. The number of nitrogens with two attached hydrogens (primary N) is 1. The number of nitrogens with zero attached hydrogens (tertiary/aromatic N) is 3. The van der Waals surface area contributed by atoms with Gasteiger partial charge in [0.15, 0.2) is 5.82 Å². The monoisotopic (exact) mass is 246 g/mol. The number of aliphatic hydroxyl groups is 1. The summed E-state index contributed by atoms with van der Waals surface area (Å²) >= 11 is 0. The molecule has 1 rings (SSSR count). The number of aliphatic hydroxyl groups excluding tert-OH is 1. The van der Waals surface area contributed by atoms with Crippen LogP contribution in [-0.2, 0) is 11.3 Å². The number of carboxylic acids is 1. The number of hydrogen-bond donors (Lipinski definition) is 3. The number of aliphatic carboxylic acids is 1. The Morgan fingerprint density at radius 2 is 2.24 bits per heavy atom. The largest absolute Gasteiger partial charge is 0.480 e. The zero-order valence-electron chi connectivity index (χ0n) is 9.24. The van der Waals surface area contributed by atoms with Crippen molar-refractivity contribution in [1.82, 2.24) is 9.55 Å². The minimum absolute atomic E-state index is 0.0819. The fourth-order valence-corrected chi connectivity index (χ4v) is 0.978. The number of aromatic nitrogens is 2. The molecule has 0 spiro atoms. The lowest BCUT2D eigenvalue weighted by Crippen LogP contribution is -2.10. The van der Waals surface area contributed by atoms with E-state index in [1.165, 1.54) is 10.8 Å². The average Bonchev–Trinajstić information content (AvgIpc) is 2.62. The zero-order valence-corrected chi connectivity index (χ0v) is 9.24. The van der Waals surface area contributed by atoms with Crippen molar-refractivity contribution >= 4 is 11.8 Å². The van der Waals surface area contributed by atoms with Gasteiger partial charge in [-0.2, -0.15) is 0 Å². The average molecular weight is 246 g/mol. The molecule has 0 fully saturated rings. The summed E-state index contributed by atoms with van der Waals surface area (Å²) in [7, 11) is 0. The molecule has 0 saturated carbocycles. The van der Waals surface area contributed by atoms with Crippen LogP contribution in [0.25, 0.3) is 0 Å². The molecule has 0 aliphatic heterocycles. The van der Waals surface area contributed by atoms with Crippen LogP contribution < -0.4 is 5.73 Å². The number of nitro groups is 1. The predicted octanol–water partition coefficient (Wildman–Crippen LogP) is -0.878. The third-order valence-electron chi connectivity index (χ3n) is 1.72. The van der Waals surface area contributed by atoms with Crippen molar-refractivity contribution in [3.05, 3.63) is 22.1 Å². The molecule has 9 nitrogen and oxygen atoms in total. The molecule has 1 heterocycles. The van der Waals surface area contributed by atoms with Crippen molar-refractivity contribution in [1.29, 1.82) is 0 Å². The number of imidazole rings is 1. The first-order chi connectivity index (χ1) is 7.93. The van der Waals surface area contributed by atoms with E-state index in [0.29, 0.717) is 5.82 Å². The molecule has 9 heteroatoms. The fourth-order valence-electron chi connectivity index (χ4n) is 0.978. The molecule has 96 valence electrons. The second-order valence-electron chi connectivity index (χ2n) is 2.89. The minimum atomic E-state index is -0.968. The summed E-state index contributed by atoms with van der Waals surface area (Å²) in [5, 5.41) is 26.6. The lowest BCUT2D eigenvalue weighted by Gasteiger charge is -1.98. The van der Waals surface area contributed by atoms with Crippen molar-refractivity contribution in [3.63, 3.8) is 0 Å². The van der Waals surface area contributed by atoms with Gasteiger partial charge in [-0.25, -0.2) is 9.55 Å². The Balaban J connectivity index is 0.000000437. The van der Waals surface area contributed by atoms with Crippen LogP contribution in [0.4, 0.5) is 5.82 Å². The third-order valence-corrected chi connectivity index (χ3v) is 1.72. The Kier molecular flexibility index (Phi) is 6.44. The van der Waals surface area contributed by atoms with E-state index in [9.17, 15) is 14.9 Å². The maximum Gasteiger partial charge on any atom is 0.342 e. The van der Waals surface area contributed by atoms with Crippen LogP contribution in [0.15, 0.2) is 6.20 Å². The summed E-state index contributed by atoms with van der Waals surface area (Å²) in [6.45, 7) is 1.46. The van der Waals surface area contributed by atoms with Gasteiger partial charge in [0.25, 0.3) is 0 Å². The molecule has 1 aromatic rings. The van der Waals surface area contributed by atoms with Gasteiger partial charge < -0.3 is 26.1 Å². The Labute approximate surface area is 96.6 Å². The van der Waals surface area contributed by atoms with Gasteiger partial charge in [-0.05, 0) is 4.92 Å². The zero-order chi connectivity index (χ0) is 13.4. The molecule has 0 bridgehead atoms. The highest BCUT2D eigenvalue weighted by Crippen LogP contribution is 2.12. The highest BCUT2D eigenvalue weighted by atomic mass is 16.6. The second-order valence-corrected chi connectivity index (χ2v) is 2.89. The SMILES string of the molecule is Cc1ncc([N+](=O)[O-])n1CCO.NCC(=O)O. The minimum Gasteiger partial charge on any atom is -0.480 e. The van der Waals surface area contributed by atoms with Gasteiger partial charge >= 0.3 is 11.8 Å². The predicted molar refractivity (Wildman–Crippen MR) is 57.4 cm³/mol. The third kappa shape index (κ3) is 5.04. The van der Waals surface area contributed by atoms with Crippen LogP contribution in [0.5, 0.6) is 0 Å². The van der Waals surface area contributed by atoms with Crippen LogP contribution in [0.1, 0.15) is 5.82 Å². The van der Waals surface area contributed by atoms with Gasteiger partial charge in [0.1, 0.15) is 12.7 Å². The van der Waals surface area contributed by atoms with Gasteiger partial charge in [0.2, 0.25) is 0 Å². The fraction of sp³-hybridized carbons (Fsp3) is 0.500. The first-order valence-corrected chi connectivity index (χ1v) is 4.63. The van der Waals surface area contributed by atoms with Gasteiger partial charge in [-0.3, -0.25) is 4.79 Å². The molecule has 0 aliphatic carbocycles. The smallest absolute Gasteiger partial charge is 0.342 e. The van der Waals surface area contributed by atoms with Gasteiger partial charge in [0, 0.05) is 6.92 Å². The van der Waals surface area contributed by atoms with Crippen LogP contribution in [0.3, 0.4) is 0 Å². The topological polar surface area (TPSA) is 145 Å². The normalized spacial score (nSPS) is 9.35. The Morgan fingerprint density at radius 1 is 1.71 bits per heavy atom. The van der Waals surface area contributed by atoms with E-state index in [1.54, 1.807) is 6.92 Å². The number of carbonyl (C=O) groups is 1. The maximum atomic E-state index is 10.4. The molecule has 4 N–H and O–H groups in total. The molecule has 0 saturated heterocycles. The number of rotatable bonds is 4. The van der Waals surface area contributed by atoms with Gasteiger partial charge in [-0.1, -0.05) is 0 Å². The van der Waals surface area contributed by atoms with Gasteiger partial charge in [0.05, 0.1) is 13.2 Å². The summed E-state index contributed by atoms with van der Waals surface area (Å²) < 4.78 is 1.36. The summed E-state index contributed by atoms with van der Waals surface area (Å²) in [5.74, 6) is -0.512. The van der Waals surface area contributed by atoms with Crippen LogP contribution in [0, 0.1) is 17.0 Å².